The second-order valence-corrected chi connectivity index (χ2v) is 11.1. The topological polar surface area (TPSA) is 145 Å². The summed E-state index contributed by atoms with van der Waals surface area (Å²) in [5.74, 6) is -3.08. The second-order valence-electron chi connectivity index (χ2n) is 11.1. The molecule has 2 aliphatic rings. The van der Waals surface area contributed by atoms with Crippen molar-refractivity contribution >= 4 is 29.2 Å². The summed E-state index contributed by atoms with van der Waals surface area (Å²) >= 11 is 0. The van der Waals surface area contributed by atoms with Gasteiger partial charge in [0.15, 0.2) is 11.9 Å². The van der Waals surface area contributed by atoms with Gasteiger partial charge in [-0.2, -0.15) is 0 Å². The van der Waals surface area contributed by atoms with Gasteiger partial charge in [-0.1, -0.05) is 38.2 Å². The van der Waals surface area contributed by atoms with Gasteiger partial charge in [0.2, 0.25) is 5.78 Å². The molecule has 0 aromatic carbocycles. The normalized spacial score (nSPS) is 31.7. The fraction of sp³-hybridized carbons (Fsp3) is 0.531. The van der Waals surface area contributed by atoms with Crippen molar-refractivity contribution in [3.8, 4) is 0 Å². The van der Waals surface area contributed by atoms with Crippen LogP contribution in [0, 0.1) is 11.8 Å². The summed E-state index contributed by atoms with van der Waals surface area (Å²) in [6.45, 7) is 9.63. The van der Waals surface area contributed by atoms with Crippen LogP contribution >= 0.6 is 0 Å². The number of ketones is 3. The molecule has 0 aromatic rings. The van der Waals surface area contributed by atoms with Gasteiger partial charge in [-0.15, -0.1) is 0 Å². The van der Waals surface area contributed by atoms with Crippen molar-refractivity contribution in [1.82, 2.24) is 5.32 Å². The van der Waals surface area contributed by atoms with Gasteiger partial charge in [0.05, 0.1) is 17.9 Å². The molecule has 10 heteroatoms. The van der Waals surface area contributed by atoms with E-state index in [1.807, 2.05) is 13.8 Å². The molecule has 0 fully saturated rings. The van der Waals surface area contributed by atoms with Gasteiger partial charge in [0.1, 0.15) is 11.9 Å². The third-order valence-corrected chi connectivity index (χ3v) is 7.38. The molecule has 2 rings (SSSR count). The molecule has 1 aliphatic carbocycles. The smallest absolute Gasteiger partial charge is 0.303 e. The quantitative estimate of drug-likeness (QED) is 0.282. The fourth-order valence-electron chi connectivity index (χ4n) is 5.14. The third-order valence-electron chi connectivity index (χ3n) is 7.38. The molecule has 0 radical (unpaired) electrons. The molecule has 1 aliphatic heterocycles. The number of carbonyl (C=O) groups is 5. The summed E-state index contributed by atoms with van der Waals surface area (Å²) in [5, 5.41) is 13.8. The number of fused-ring (bicyclic) bond motifs is 2. The number of hydrogen-bond donors (Lipinski definition) is 2. The molecular formula is C32H43NO9. The Morgan fingerprint density at radius 3 is 2.31 bits per heavy atom. The van der Waals surface area contributed by atoms with Crippen LogP contribution in [0.3, 0.4) is 0 Å². The number of methoxy groups -OCH3 is 2. The van der Waals surface area contributed by atoms with Crippen LogP contribution in [0.25, 0.3) is 0 Å². The lowest BCUT2D eigenvalue weighted by molar-refractivity contribution is -0.149. The number of nitrogens with one attached hydrogen (secondary N) is 1. The van der Waals surface area contributed by atoms with Crippen LogP contribution in [0.5, 0.6) is 0 Å². The van der Waals surface area contributed by atoms with Crippen molar-refractivity contribution < 1.29 is 43.3 Å². The van der Waals surface area contributed by atoms with E-state index in [0.717, 1.165) is 6.08 Å². The van der Waals surface area contributed by atoms with E-state index in [-0.39, 0.29) is 47.0 Å². The van der Waals surface area contributed by atoms with Gasteiger partial charge in [-0.05, 0) is 45.1 Å². The fourth-order valence-corrected chi connectivity index (χ4v) is 5.14. The standard InChI is InChI=1S/C32H43NO9/c1-17-12-24-23(15-21(5)34)26(36)16-25(30(24)38)33-32(39)18(2)10-9-11-27(40-7)31(42-22(6)35)20(4)14-19(3)29(37)28(13-17)41-8/h9-11,14,16-17,19,27-29,31,37H,12-13,15H2,1-8H3,(H,33,39)/b11-9-,18-10+,20-14+/t17-,19+,27+,28+,29-,31?/m1/s1. The van der Waals surface area contributed by atoms with Crippen molar-refractivity contribution in [2.45, 2.75) is 85.2 Å². The zero-order chi connectivity index (χ0) is 31.7. The number of carbonyl (C=O) groups excluding carboxylic acids is 5. The van der Waals surface area contributed by atoms with E-state index in [0.29, 0.717) is 12.0 Å². The van der Waals surface area contributed by atoms with E-state index < -0.39 is 53.8 Å². The Bertz CT molecular complexity index is 1240. The molecule has 0 saturated carbocycles. The van der Waals surface area contributed by atoms with E-state index >= 15 is 0 Å². The first-order valence-electron chi connectivity index (χ1n) is 14.0. The van der Waals surface area contributed by atoms with Crippen LogP contribution < -0.4 is 5.32 Å². The minimum atomic E-state index is -0.960. The van der Waals surface area contributed by atoms with Gasteiger partial charge < -0.3 is 24.6 Å². The summed E-state index contributed by atoms with van der Waals surface area (Å²) in [6, 6.07) is 0. The number of aliphatic hydroxyl groups is 1. The number of hydrogen-bond acceptors (Lipinski definition) is 9. The van der Waals surface area contributed by atoms with E-state index in [2.05, 4.69) is 5.32 Å². The second kappa shape index (κ2) is 15.7. The number of amides is 1. The van der Waals surface area contributed by atoms with Crippen LogP contribution in [-0.4, -0.2) is 73.0 Å². The Morgan fingerprint density at radius 2 is 1.74 bits per heavy atom. The largest absolute Gasteiger partial charge is 0.455 e. The number of allylic oxidation sites excluding steroid dienone is 5. The highest BCUT2D eigenvalue weighted by molar-refractivity contribution is 6.24. The first kappa shape index (κ1) is 34.7. The molecule has 6 atom stereocenters. The maximum absolute atomic E-state index is 13.5. The Hall–Kier alpha value is -3.47. The number of aliphatic hydroxyl groups excluding tert-OH is 1. The molecule has 0 saturated heterocycles. The van der Waals surface area contributed by atoms with Crippen molar-refractivity contribution in [2.24, 2.45) is 11.8 Å². The Kier molecular flexibility index (Phi) is 13.0. The van der Waals surface area contributed by atoms with E-state index in [4.69, 9.17) is 14.2 Å². The highest BCUT2D eigenvalue weighted by atomic mass is 16.6. The number of Topliss-reactive ketones (excluding diaryl/α,β-unsaturated/α-hetero) is 2. The number of rotatable bonds is 5. The Morgan fingerprint density at radius 1 is 1.07 bits per heavy atom. The summed E-state index contributed by atoms with van der Waals surface area (Å²) in [6.07, 6.45) is 4.71. The summed E-state index contributed by atoms with van der Waals surface area (Å²) < 4.78 is 16.8. The third kappa shape index (κ3) is 9.27. The lowest BCUT2D eigenvalue weighted by atomic mass is 9.82. The summed E-state index contributed by atoms with van der Waals surface area (Å²) in [5.41, 5.74) is 0.999. The maximum atomic E-state index is 13.5. The van der Waals surface area contributed by atoms with Gasteiger partial charge in [0, 0.05) is 56.3 Å². The molecule has 230 valence electrons. The predicted octanol–water partition coefficient (Wildman–Crippen LogP) is 3.25. The molecule has 1 unspecified atom stereocenters. The molecule has 0 spiro atoms. The van der Waals surface area contributed by atoms with Crippen LogP contribution in [-0.2, 0) is 38.2 Å². The van der Waals surface area contributed by atoms with E-state index in [1.54, 1.807) is 32.1 Å². The van der Waals surface area contributed by atoms with Crippen LogP contribution in [0.2, 0.25) is 0 Å². The molecular weight excluding hydrogens is 542 g/mol. The van der Waals surface area contributed by atoms with Gasteiger partial charge in [-0.3, -0.25) is 24.0 Å². The first-order chi connectivity index (χ1) is 19.7. The molecule has 42 heavy (non-hydrogen) atoms. The molecule has 2 N–H and O–H groups in total. The molecule has 2 bridgehead atoms. The summed E-state index contributed by atoms with van der Waals surface area (Å²) in [7, 11) is 2.94. The molecule has 0 aromatic heterocycles. The Balaban J connectivity index is 2.64. The van der Waals surface area contributed by atoms with E-state index in [1.165, 1.54) is 34.1 Å². The minimum absolute atomic E-state index is 0.113. The van der Waals surface area contributed by atoms with Crippen molar-refractivity contribution in [2.75, 3.05) is 14.2 Å². The van der Waals surface area contributed by atoms with Crippen molar-refractivity contribution in [3.05, 3.63) is 58.4 Å². The van der Waals surface area contributed by atoms with Crippen LogP contribution in [0.1, 0.15) is 60.8 Å². The van der Waals surface area contributed by atoms with Gasteiger partial charge >= 0.3 is 5.97 Å². The van der Waals surface area contributed by atoms with Crippen molar-refractivity contribution in [1.29, 1.82) is 0 Å². The molecule has 10 nitrogen and oxygen atoms in total. The summed E-state index contributed by atoms with van der Waals surface area (Å²) in [4.78, 5) is 63.4. The van der Waals surface area contributed by atoms with Crippen LogP contribution in [0.4, 0.5) is 0 Å². The average molecular weight is 586 g/mol. The Labute approximate surface area is 247 Å². The predicted molar refractivity (Wildman–Crippen MR) is 156 cm³/mol. The van der Waals surface area contributed by atoms with Gasteiger partial charge in [0.25, 0.3) is 5.91 Å². The highest BCUT2D eigenvalue weighted by Crippen LogP contribution is 2.30. The van der Waals surface area contributed by atoms with Gasteiger partial charge in [-0.25, -0.2) is 0 Å². The molecule has 1 heterocycles. The number of ether oxygens (including phenoxy) is 3. The first-order valence-corrected chi connectivity index (χ1v) is 14.0. The van der Waals surface area contributed by atoms with Crippen molar-refractivity contribution in [3.63, 3.8) is 0 Å². The SMILES string of the molecule is CO[C@H]1/C=C\C=C(/C)C(=O)NC2=CC(=O)C(CC(C)=O)=C(C[C@@H](C)C[C@H](OC)[C@H](O)[C@@H](C)/C=C(\C)C1OC(C)=O)C2=O. The zero-order valence-corrected chi connectivity index (χ0v) is 25.7. The lowest BCUT2D eigenvalue weighted by Gasteiger charge is -2.30. The maximum Gasteiger partial charge on any atom is 0.303 e. The molecule has 1 amide bonds. The lowest BCUT2D eigenvalue weighted by Crippen LogP contribution is -2.36. The minimum Gasteiger partial charge on any atom is -0.455 e. The zero-order valence-electron chi connectivity index (χ0n) is 25.7. The van der Waals surface area contributed by atoms with Crippen LogP contribution in [0.15, 0.2) is 58.4 Å². The van der Waals surface area contributed by atoms with E-state index in [9.17, 15) is 29.1 Å². The number of esters is 1. The monoisotopic (exact) mass is 585 g/mol. The highest BCUT2D eigenvalue weighted by Gasteiger charge is 2.33. The average Bonchev–Trinajstić information content (AvgIpc) is 2.91.